The molecule has 1 heterocycles. The summed E-state index contributed by atoms with van der Waals surface area (Å²) in [6.45, 7) is 4.18. The molecule has 2 aliphatic rings. The van der Waals surface area contributed by atoms with Gasteiger partial charge in [-0.2, -0.15) is 0 Å². The van der Waals surface area contributed by atoms with Crippen molar-refractivity contribution >= 4 is 18.0 Å². The molecule has 4 rings (SSSR count). The molecular formula is C27H30N2O5. The average molecular weight is 463 g/mol. The third-order valence-electron chi connectivity index (χ3n) is 6.66. The van der Waals surface area contributed by atoms with Crippen LogP contribution < -0.4 is 5.32 Å². The number of hydrogen-bond donors (Lipinski definition) is 2. The van der Waals surface area contributed by atoms with Gasteiger partial charge in [0.05, 0.1) is 0 Å². The van der Waals surface area contributed by atoms with Gasteiger partial charge in [-0.25, -0.2) is 9.59 Å². The summed E-state index contributed by atoms with van der Waals surface area (Å²) in [5.41, 5.74) is 4.47. The topological polar surface area (TPSA) is 95.9 Å². The van der Waals surface area contributed by atoms with E-state index >= 15 is 0 Å². The maximum atomic E-state index is 13.2. The maximum Gasteiger partial charge on any atom is 0.407 e. The number of benzene rings is 2. The van der Waals surface area contributed by atoms with E-state index in [1.54, 1.807) is 6.08 Å². The Balaban J connectivity index is 1.44. The number of ether oxygens (including phenoxy) is 1. The zero-order valence-electron chi connectivity index (χ0n) is 19.1. The van der Waals surface area contributed by atoms with E-state index in [2.05, 4.69) is 24.0 Å². The number of carboxylic acid groups (broad SMARTS) is 1. The lowest BCUT2D eigenvalue weighted by Gasteiger charge is -2.30. The molecule has 1 fully saturated rings. The van der Waals surface area contributed by atoms with Gasteiger partial charge in [0, 0.05) is 12.5 Å². The third-order valence-corrected chi connectivity index (χ3v) is 6.66. The highest BCUT2D eigenvalue weighted by Crippen LogP contribution is 2.44. The van der Waals surface area contributed by atoms with E-state index in [1.807, 2.05) is 36.4 Å². The van der Waals surface area contributed by atoms with Gasteiger partial charge < -0.3 is 20.1 Å². The second kappa shape index (κ2) is 10.5. The fourth-order valence-electron chi connectivity index (χ4n) is 5.00. The number of carbonyl (C=O) groups is 3. The van der Waals surface area contributed by atoms with E-state index in [0.717, 1.165) is 41.5 Å². The molecule has 2 atom stereocenters. The molecule has 1 aliphatic carbocycles. The first-order valence-corrected chi connectivity index (χ1v) is 11.8. The molecule has 1 aliphatic heterocycles. The number of rotatable bonds is 7. The molecule has 7 heteroatoms. The van der Waals surface area contributed by atoms with Crippen molar-refractivity contribution in [3.8, 4) is 11.1 Å². The van der Waals surface area contributed by atoms with Crippen molar-refractivity contribution in [3.63, 3.8) is 0 Å². The first-order chi connectivity index (χ1) is 16.5. The number of amides is 2. The van der Waals surface area contributed by atoms with Crippen molar-refractivity contribution in [2.24, 2.45) is 0 Å². The molecule has 2 N–H and O–H groups in total. The molecule has 1 saturated heterocycles. The van der Waals surface area contributed by atoms with Gasteiger partial charge in [0.2, 0.25) is 5.91 Å². The van der Waals surface area contributed by atoms with Crippen LogP contribution in [0.15, 0.2) is 61.2 Å². The lowest BCUT2D eigenvalue weighted by Crippen LogP contribution is -2.53. The van der Waals surface area contributed by atoms with Crippen LogP contribution in [0.25, 0.3) is 11.1 Å². The number of nitrogens with zero attached hydrogens (tertiary/aromatic N) is 1. The Labute approximate surface area is 199 Å². The smallest absolute Gasteiger partial charge is 0.407 e. The summed E-state index contributed by atoms with van der Waals surface area (Å²) in [6, 6.07) is 14.3. The SMILES string of the molecule is C=CCC(NC(=O)OCC1c2ccccc2-c2ccccc21)C(=O)N1CCCCCC1C(=O)O. The number of likely N-dealkylation sites (tertiary alicyclic amines) is 1. The summed E-state index contributed by atoms with van der Waals surface area (Å²) in [5, 5.41) is 12.3. The lowest BCUT2D eigenvalue weighted by atomic mass is 9.98. The normalized spacial score (nSPS) is 18.2. The molecule has 0 spiro atoms. The first kappa shape index (κ1) is 23.5. The highest BCUT2D eigenvalue weighted by molar-refractivity contribution is 5.89. The van der Waals surface area contributed by atoms with Crippen molar-refractivity contribution in [2.45, 2.75) is 50.1 Å². The van der Waals surface area contributed by atoms with E-state index in [-0.39, 0.29) is 18.9 Å². The number of nitrogens with one attached hydrogen (secondary N) is 1. The summed E-state index contributed by atoms with van der Waals surface area (Å²) >= 11 is 0. The molecule has 2 unspecified atom stereocenters. The van der Waals surface area contributed by atoms with Crippen LogP contribution in [0.3, 0.4) is 0 Å². The van der Waals surface area contributed by atoms with Gasteiger partial charge in [0.25, 0.3) is 0 Å². The Morgan fingerprint density at radius 1 is 1.06 bits per heavy atom. The molecule has 34 heavy (non-hydrogen) atoms. The second-order valence-corrected chi connectivity index (χ2v) is 8.78. The molecule has 2 aromatic rings. The van der Waals surface area contributed by atoms with Crippen LogP contribution in [0.5, 0.6) is 0 Å². The van der Waals surface area contributed by atoms with E-state index in [0.29, 0.717) is 13.0 Å². The fourth-order valence-corrected chi connectivity index (χ4v) is 5.00. The van der Waals surface area contributed by atoms with Gasteiger partial charge in [-0.3, -0.25) is 4.79 Å². The number of aliphatic carboxylic acids is 1. The van der Waals surface area contributed by atoms with Crippen molar-refractivity contribution in [2.75, 3.05) is 13.2 Å². The van der Waals surface area contributed by atoms with Crippen LogP contribution in [0.1, 0.15) is 49.1 Å². The first-order valence-electron chi connectivity index (χ1n) is 11.8. The molecule has 2 amide bonds. The number of alkyl carbamates (subject to hydrolysis) is 1. The molecule has 0 bridgehead atoms. The Hall–Kier alpha value is -3.61. The number of hydrogen-bond acceptors (Lipinski definition) is 4. The zero-order valence-corrected chi connectivity index (χ0v) is 19.1. The molecule has 0 radical (unpaired) electrons. The number of carboxylic acids is 1. The number of fused-ring (bicyclic) bond motifs is 3. The van der Waals surface area contributed by atoms with Crippen LogP contribution in [-0.2, 0) is 14.3 Å². The minimum Gasteiger partial charge on any atom is -0.480 e. The monoisotopic (exact) mass is 462 g/mol. The van der Waals surface area contributed by atoms with Gasteiger partial charge in [-0.1, -0.05) is 67.4 Å². The predicted octanol–water partition coefficient (Wildman–Crippen LogP) is 4.33. The van der Waals surface area contributed by atoms with Gasteiger partial charge in [0.15, 0.2) is 0 Å². The molecule has 178 valence electrons. The van der Waals surface area contributed by atoms with Crippen LogP contribution in [0.2, 0.25) is 0 Å². The van der Waals surface area contributed by atoms with Crippen molar-refractivity contribution < 1.29 is 24.2 Å². The van der Waals surface area contributed by atoms with Crippen LogP contribution >= 0.6 is 0 Å². The Bertz CT molecular complexity index is 1040. The van der Waals surface area contributed by atoms with Gasteiger partial charge in [-0.15, -0.1) is 6.58 Å². The van der Waals surface area contributed by atoms with Crippen LogP contribution in [0, 0.1) is 0 Å². The summed E-state index contributed by atoms with van der Waals surface area (Å²) in [4.78, 5) is 39.1. The predicted molar refractivity (Wildman–Crippen MR) is 128 cm³/mol. The molecular weight excluding hydrogens is 432 g/mol. The standard InChI is InChI=1S/C27H30N2O5/c1-2-10-23(25(30)29-16-9-3-4-15-24(29)26(31)32)28-27(33)34-17-22-20-13-7-5-11-18(20)19-12-6-8-14-21(19)22/h2,5-8,11-14,22-24H,1,3-4,9-10,15-17H2,(H,28,33)(H,31,32). The summed E-state index contributed by atoms with van der Waals surface area (Å²) in [6.07, 6.45) is 3.80. The molecule has 0 aromatic heterocycles. The van der Waals surface area contributed by atoms with Crippen LogP contribution in [-0.4, -0.2) is 53.2 Å². The van der Waals surface area contributed by atoms with Gasteiger partial charge in [0.1, 0.15) is 18.7 Å². The summed E-state index contributed by atoms with van der Waals surface area (Å²) < 4.78 is 5.58. The zero-order chi connectivity index (χ0) is 24.1. The summed E-state index contributed by atoms with van der Waals surface area (Å²) in [7, 11) is 0. The molecule has 2 aromatic carbocycles. The van der Waals surface area contributed by atoms with E-state index in [1.165, 1.54) is 4.90 Å². The van der Waals surface area contributed by atoms with Crippen LogP contribution in [0.4, 0.5) is 4.79 Å². The second-order valence-electron chi connectivity index (χ2n) is 8.78. The number of carbonyl (C=O) groups excluding carboxylic acids is 2. The molecule has 7 nitrogen and oxygen atoms in total. The average Bonchev–Trinajstić information content (AvgIpc) is 2.97. The minimum absolute atomic E-state index is 0.0892. The third kappa shape index (κ3) is 4.83. The van der Waals surface area contributed by atoms with E-state index in [9.17, 15) is 19.5 Å². The largest absolute Gasteiger partial charge is 0.480 e. The Kier molecular flexibility index (Phi) is 7.30. The van der Waals surface area contributed by atoms with Crippen molar-refractivity contribution in [3.05, 3.63) is 72.3 Å². The highest BCUT2D eigenvalue weighted by atomic mass is 16.5. The summed E-state index contributed by atoms with van der Waals surface area (Å²) in [5.74, 6) is -1.52. The quantitative estimate of drug-likeness (QED) is 0.598. The van der Waals surface area contributed by atoms with Crippen molar-refractivity contribution in [1.29, 1.82) is 0 Å². The highest BCUT2D eigenvalue weighted by Gasteiger charge is 2.35. The lowest BCUT2D eigenvalue weighted by molar-refractivity contribution is -0.151. The van der Waals surface area contributed by atoms with E-state index < -0.39 is 30.1 Å². The Morgan fingerprint density at radius 2 is 1.71 bits per heavy atom. The van der Waals surface area contributed by atoms with Gasteiger partial charge in [-0.05, 0) is 41.5 Å². The minimum atomic E-state index is -1.02. The van der Waals surface area contributed by atoms with Crippen molar-refractivity contribution in [1.82, 2.24) is 10.2 Å². The van der Waals surface area contributed by atoms with E-state index in [4.69, 9.17) is 4.74 Å². The maximum absolute atomic E-state index is 13.2. The molecule has 0 saturated carbocycles. The fraction of sp³-hybridized carbons (Fsp3) is 0.370. The van der Waals surface area contributed by atoms with Gasteiger partial charge >= 0.3 is 12.1 Å². The Morgan fingerprint density at radius 3 is 2.32 bits per heavy atom.